The minimum atomic E-state index is -0.325. The minimum absolute atomic E-state index is 0. The summed E-state index contributed by atoms with van der Waals surface area (Å²) in [6.07, 6.45) is 0. The van der Waals surface area contributed by atoms with Gasteiger partial charge in [-0.05, 0) is 108 Å². The van der Waals surface area contributed by atoms with Gasteiger partial charge >= 0.3 is 0 Å². The van der Waals surface area contributed by atoms with Crippen molar-refractivity contribution < 1.29 is 10.2 Å². The summed E-state index contributed by atoms with van der Waals surface area (Å²) in [7, 11) is 0. The summed E-state index contributed by atoms with van der Waals surface area (Å²) in [6.45, 7) is 0. The molecule has 0 saturated heterocycles. The molecule has 0 bridgehead atoms. The van der Waals surface area contributed by atoms with Gasteiger partial charge in [-0.25, -0.2) is 18.7 Å². The lowest BCUT2D eigenvalue weighted by Crippen LogP contribution is -2.04. The zero-order chi connectivity index (χ0) is 34.8. The third-order valence-electron chi connectivity index (χ3n) is 9.89. The van der Waals surface area contributed by atoms with E-state index in [4.69, 9.17) is 9.97 Å². The Balaban J connectivity index is 0.00000372. The predicted molar refractivity (Wildman–Crippen MR) is 209 cm³/mol. The van der Waals surface area contributed by atoms with E-state index in [1.54, 1.807) is 24.3 Å². The molecule has 3 heterocycles. The first-order valence-electron chi connectivity index (χ1n) is 17.1. The van der Waals surface area contributed by atoms with Crippen LogP contribution < -0.4 is 0 Å². The standard InChI is InChI=1S/C46H28F2N4.H2/c47-33-20-14-29(15-21-33)40-28-41(30-16-22-34(48)23-17-30)50-46(49-40)52-43-13-7-4-10-36(43)38-24-18-32(27-45(38)52)31-19-25-44-39(26-31)37-11-5-6-12-42(37)51(44)35-8-2-1-3-9-35;/h1-28H;1H. The first kappa shape index (κ1) is 29.9. The number of hydrogen-bond donors (Lipinski definition) is 0. The van der Waals surface area contributed by atoms with E-state index >= 15 is 0 Å². The SMILES string of the molecule is Fc1ccc(-c2cc(-c3ccc(F)cc3)nc(-n3c4ccccc4c4ccc(-c5ccc6c(c5)c5ccccc5n6-c5ccccc5)cc43)n2)cc1.[HH]. The lowest BCUT2D eigenvalue weighted by molar-refractivity contribution is 0.627. The molecule has 0 fully saturated rings. The van der Waals surface area contributed by atoms with E-state index in [2.05, 4.69) is 106 Å². The van der Waals surface area contributed by atoms with Gasteiger partial charge in [-0.1, -0.05) is 72.8 Å². The maximum Gasteiger partial charge on any atom is 0.235 e. The van der Waals surface area contributed by atoms with Gasteiger partial charge in [0.2, 0.25) is 5.95 Å². The second-order valence-corrected chi connectivity index (χ2v) is 13.0. The molecule has 0 amide bonds. The van der Waals surface area contributed by atoms with Crippen LogP contribution in [0.4, 0.5) is 8.78 Å². The number of rotatable bonds is 5. The van der Waals surface area contributed by atoms with Crippen LogP contribution in [0.15, 0.2) is 170 Å². The van der Waals surface area contributed by atoms with Crippen LogP contribution in [0.1, 0.15) is 1.43 Å². The highest BCUT2D eigenvalue weighted by atomic mass is 19.1. The van der Waals surface area contributed by atoms with Gasteiger partial charge in [-0.2, -0.15) is 0 Å². The Labute approximate surface area is 299 Å². The number of halogens is 2. The fraction of sp³-hybridized carbons (Fsp3) is 0. The van der Waals surface area contributed by atoms with Crippen LogP contribution in [0.5, 0.6) is 0 Å². The molecule has 0 aliphatic heterocycles. The molecule has 10 rings (SSSR count). The normalized spacial score (nSPS) is 11.7. The number of nitrogens with zero attached hydrogens (tertiary/aromatic N) is 4. The van der Waals surface area contributed by atoms with E-state index in [1.165, 1.54) is 35.0 Å². The highest BCUT2D eigenvalue weighted by Crippen LogP contribution is 2.38. The van der Waals surface area contributed by atoms with E-state index in [0.29, 0.717) is 17.3 Å². The predicted octanol–water partition coefficient (Wildman–Crippen LogP) is 12.2. The zero-order valence-corrected chi connectivity index (χ0v) is 27.7. The van der Waals surface area contributed by atoms with Gasteiger partial charge in [0.25, 0.3) is 0 Å². The largest absolute Gasteiger partial charge is 0.309 e. The van der Waals surface area contributed by atoms with Gasteiger partial charge in [0.1, 0.15) is 11.6 Å². The molecule has 0 aliphatic carbocycles. The zero-order valence-electron chi connectivity index (χ0n) is 27.7. The molecular formula is C46H30F2N4. The first-order chi connectivity index (χ1) is 25.6. The van der Waals surface area contributed by atoms with Gasteiger partial charge in [-0.15, -0.1) is 0 Å². The van der Waals surface area contributed by atoms with Crippen LogP contribution in [0.2, 0.25) is 0 Å². The molecule has 7 aromatic carbocycles. The topological polar surface area (TPSA) is 35.6 Å². The maximum absolute atomic E-state index is 14.0. The van der Waals surface area contributed by atoms with Crippen molar-refractivity contribution in [3.05, 3.63) is 181 Å². The van der Waals surface area contributed by atoms with Gasteiger partial charge in [0, 0.05) is 39.8 Å². The van der Waals surface area contributed by atoms with Crippen LogP contribution in [0.3, 0.4) is 0 Å². The lowest BCUT2D eigenvalue weighted by atomic mass is 10.0. The van der Waals surface area contributed by atoms with Gasteiger partial charge < -0.3 is 4.57 Å². The quantitative estimate of drug-likeness (QED) is 0.182. The molecule has 52 heavy (non-hydrogen) atoms. The van der Waals surface area contributed by atoms with Crippen LogP contribution in [-0.2, 0) is 0 Å². The van der Waals surface area contributed by atoms with E-state index in [1.807, 2.05) is 24.3 Å². The number of para-hydroxylation sites is 3. The van der Waals surface area contributed by atoms with E-state index in [9.17, 15) is 8.78 Å². The van der Waals surface area contributed by atoms with Gasteiger partial charge in [0.05, 0.1) is 33.5 Å². The number of hydrogen-bond acceptors (Lipinski definition) is 2. The lowest BCUT2D eigenvalue weighted by Gasteiger charge is -2.12. The van der Waals surface area contributed by atoms with Crippen LogP contribution in [-0.4, -0.2) is 19.1 Å². The van der Waals surface area contributed by atoms with Crippen molar-refractivity contribution in [1.82, 2.24) is 19.1 Å². The molecule has 4 nitrogen and oxygen atoms in total. The Kier molecular flexibility index (Phi) is 6.83. The summed E-state index contributed by atoms with van der Waals surface area (Å²) in [5.74, 6) is -0.185. The van der Waals surface area contributed by atoms with Crippen molar-refractivity contribution in [2.75, 3.05) is 0 Å². The Morgan fingerprint density at radius 1 is 0.365 bits per heavy atom. The van der Waals surface area contributed by atoms with E-state index in [-0.39, 0.29) is 13.1 Å². The highest BCUT2D eigenvalue weighted by molar-refractivity contribution is 6.12. The van der Waals surface area contributed by atoms with Crippen molar-refractivity contribution in [3.63, 3.8) is 0 Å². The summed E-state index contributed by atoms with van der Waals surface area (Å²) in [5, 5.41) is 4.51. The molecule has 0 unspecified atom stereocenters. The molecular weight excluding hydrogens is 647 g/mol. The molecule has 0 spiro atoms. The molecule has 248 valence electrons. The van der Waals surface area contributed by atoms with Crippen LogP contribution in [0, 0.1) is 11.6 Å². The molecule has 10 aromatic rings. The molecule has 0 saturated carbocycles. The van der Waals surface area contributed by atoms with Crippen molar-refractivity contribution in [2.45, 2.75) is 0 Å². The fourth-order valence-corrected chi connectivity index (χ4v) is 7.44. The average molecular weight is 677 g/mol. The van der Waals surface area contributed by atoms with Crippen LogP contribution >= 0.6 is 0 Å². The van der Waals surface area contributed by atoms with Gasteiger partial charge in [-0.3, -0.25) is 4.57 Å². The Morgan fingerprint density at radius 3 is 1.50 bits per heavy atom. The summed E-state index contributed by atoms with van der Waals surface area (Å²) >= 11 is 0. The molecule has 6 heteroatoms. The number of fused-ring (bicyclic) bond motifs is 6. The minimum Gasteiger partial charge on any atom is -0.309 e. The maximum atomic E-state index is 14.0. The summed E-state index contributed by atoms with van der Waals surface area (Å²) in [5.41, 5.74) is 10.2. The third kappa shape index (κ3) is 4.88. The van der Waals surface area contributed by atoms with Crippen molar-refractivity contribution in [2.24, 2.45) is 0 Å². The third-order valence-corrected chi connectivity index (χ3v) is 9.89. The van der Waals surface area contributed by atoms with Crippen molar-refractivity contribution in [3.8, 4) is 45.3 Å². The molecule has 0 aliphatic rings. The second-order valence-electron chi connectivity index (χ2n) is 13.0. The number of benzene rings is 7. The summed E-state index contributed by atoms with van der Waals surface area (Å²) < 4.78 is 32.4. The first-order valence-corrected chi connectivity index (χ1v) is 17.1. The molecule has 0 N–H and O–H groups in total. The monoisotopic (exact) mass is 676 g/mol. The molecule has 0 radical (unpaired) electrons. The average Bonchev–Trinajstić information content (AvgIpc) is 3.71. The summed E-state index contributed by atoms with van der Waals surface area (Å²) in [6, 6.07) is 54.9. The fourth-order valence-electron chi connectivity index (χ4n) is 7.44. The Bertz CT molecular complexity index is 2900. The van der Waals surface area contributed by atoms with Crippen molar-refractivity contribution >= 4 is 43.6 Å². The van der Waals surface area contributed by atoms with E-state index in [0.717, 1.165) is 60.8 Å². The van der Waals surface area contributed by atoms with Crippen LogP contribution in [0.25, 0.3) is 88.9 Å². The van der Waals surface area contributed by atoms with E-state index < -0.39 is 0 Å². The smallest absolute Gasteiger partial charge is 0.235 e. The molecule has 3 aromatic heterocycles. The molecule has 0 atom stereocenters. The Hall–Kier alpha value is -6.92. The number of aromatic nitrogens is 4. The van der Waals surface area contributed by atoms with Gasteiger partial charge in [0.15, 0.2) is 0 Å². The van der Waals surface area contributed by atoms with Crippen molar-refractivity contribution in [1.29, 1.82) is 0 Å². The second kappa shape index (κ2) is 11.9. The Morgan fingerprint density at radius 2 is 0.846 bits per heavy atom. The highest BCUT2D eigenvalue weighted by Gasteiger charge is 2.19. The summed E-state index contributed by atoms with van der Waals surface area (Å²) in [4.78, 5) is 10.2.